The van der Waals surface area contributed by atoms with E-state index in [0.29, 0.717) is 40.9 Å². The molecule has 0 bridgehead atoms. The van der Waals surface area contributed by atoms with Crippen molar-refractivity contribution in [2.24, 2.45) is 0 Å². The number of aromatic amines is 1. The number of piperazine rings is 1. The maximum absolute atomic E-state index is 13.2. The maximum atomic E-state index is 13.2. The smallest absolute Gasteiger partial charge is 0.295 e. The highest BCUT2D eigenvalue weighted by Crippen LogP contribution is 2.30. The lowest BCUT2D eigenvalue weighted by Crippen LogP contribution is -2.56. The zero-order chi connectivity index (χ0) is 22.9. The van der Waals surface area contributed by atoms with Crippen molar-refractivity contribution in [3.8, 4) is 10.6 Å². The number of amides is 2. The number of thiazole rings is 1. The molecular weight excluding hydrogens is 440 g/mol. The van der Waals surface area contributed by atoms with Crippen molar-refractivity contribution in [3.05, 3.63) is 65.8 Å². The fourth-order valence-electron chi connectivity index (χ4n) is 4.10. The predicted molar refractivity (Wildman–Crippen MR) is 123 cm³/mol. The second-order valence-corrected chi connectivity index (χ2v) is 8.68. The minimum Gasteiger partial charge on any atom is -0.359 e. The minimum absolute atomic E-state index is 0.180. The van der Waals surface area contributed by atoms with E-state index < -0.39 is 11.7 Å². The first kappa shape index (κ1) is 21.0. The molecular formula is C23H20N6O3S. The Morgan fingerprint density at radius 2 is 2.00 bits per heavy atom. The molecule has 9 nitrogen and oxygen atoms in total. The van der Waals surface area contributed by atoms with Crippen LogP contribution >= 0.6 is 11.3 Å². The number of aromatic nitrogens is 4. The highest BCUT2D eigenvalue weighted by molar-refractivity contribution is 7.13. The molecule has 2 amide bonds. The van der Waals surface area contributed by atoms with Crippen LogP contribution in [0.1, 0.15) is 27.8 Å². The van der Waals surface area contributed by atoms with Crippen LogP contribution in [0.5, 0.6) is 0 Å². The number of ketones is 1. The van der Waals surface area contributed by atoms with Crippen molar-refractivity contribution < 1.29 is 14.4 Å². The van der Waals surface area contributed by atoms with E-state index in [2.05, 4.69) is 19.9 Å². The summed E-state index contributed by atoms with van der Waals surface area (Å²) in [7, 11) is 0. The predicted octanol–water partition coefficient (Wildman–Crippen LogP) is 2.64. The molecule has 0 radical (unpaired) electrons. The lowest BCUT2D eigenvalue weighted by molar-refractivity contribution is -0.130. The Hall–Kier alpha value is -3.92. The second-order valence-electron chi connectivity index (χ2n) is 7.79. The van der Waals surface area contributed by atoms with Crippen LogP contribution in [0.15, 0.2) is 54.6 Å². The van der Waals surface area contributed by atoms with Gasteiger partial charge in [-0.15, -0.1) is 11.3 Å². The van der Waals surface area contributed by atoms with Gasteiger partial charge in [-0.3, -0.25) is 29.3 Å². The molecule has 0 aliphatic carbocycles. The van der Waals surface area contributed by atoms with Crippen LogP contribution < -0.4 is 0 Å². The summed E-state index contributed by atoms with van der Waals surface area (Å²) in [5.41, 5.74) is 3.77. The largest absolute Gasteiger partial charge is 0.359 e. The molecule has 0 aromatic carbocycles. The molecule has 166 valence electrons. The van der Waals surface area contributed by atoms with Crippen LogP contribution in [-0.2, 0) is 4.79 Å². The second kappa shape index (κ2) is 8.55. The quantitative estimate of drug-likeness (QED) is 0.370. The molecule has 1 fully saturated rings. The molecule has 1 aliphatic rings. The Bertz CT molecular complexity index is 1340. The molecule has 10 heteroatoms. The Balaban J connectivity index is 1.34. The number of nitrogens with zero attached hydrogens (tertiary/aromatic N) is 5. The van der Waals surface area contributed by atoms with Crippen LogP contribution in [-0.4, -0.2) is 73.0 Å². The fourth-order valence-corrected chi connectivity index (χ4v) is 4.73. The number of carbonyl (C=O) groups excluding carboxylic acids is 3. The van der Waals surface area contributed by atoms with E-state index in [4.69, 9.17) is 0 Å². The Kier molecular flexibility index (Phi) is 5.43. The molecule has 5 heterocycles. The Morgan fingerprint density at radius 3 is 2.73 bits per heavy atom. The lowest BCUT2D eigenvalue weighted by Gasteiger charge is -2.39. The highest BCUT2D eigenvalue weighted by Gasteiger charge is 2.34. The van der Waals surface area contributed by atoms with Gasteiger partial charge < -0.3 is 14.8 Å². The van der Waals surface area contributed by atoms with E-state index in [0.717, 1.165) is 4.88 Å². The molecule has 1 saturated heterocycles. The first-order valence-electron chi connectivity index (χ1n) is 10.4. The van der Waals surface area contributed by atoms with Gasteiger partial charge in [-0.1, -0.05) is 6.07 Å². The number of pyridine rings is 2. The van der Waals surface area contributed by atoms with Crippen LogP contribution in [0, 0.1) is 0 Å². The Morgan fingerprint density at radius 1 is 1.12 bits per heavy atom. The first-order valence-corrected chi connectivity index (χ1v) is 11.3. The summed E-state index contributed by atoms with van der Waals surface area (Å²) >= 11 is 1.45. The topological polar surface area (TPSA) is 112 Å². The summed E-state index contributed by atoms with van der Waals surface area (Å²) in [6, 6.07) is 6.61. The molecule has 4 aromatic heterocycles. The Labute approximate surface area is 193 Å². The molecule has 1 N–H and O–H groups in total. The number of H-pyrrole nitrogens is 1. The third kappa shape index (κ3) is 3.78. The van der Waals surface area contributed by atoms with Gasteiger partial charge in [0.2, 0.25) is 0 Å². The van der Waals surface area contributed by atoms with Gasteiger partial charge >= 0.3 is 0 Å². The van der Waals surface area contributed by atoms with Crippen LogP contribution in [0.4, 0.5) is 0 Å². The summed E-state index contributed by atoms with van der Waals surface area (Å²) in [6.45, 7) is 2.79. The molecule has 0 saturated carbocycles. The number of carbonyl (C=O) groups is 3. The molecule has 5 rings (SSSR count). The van der Waals surface area contributed by atoms with Gasteiger partial charge in [0.1, 0.15) is 11.4 Å². The number of fused-ring (bicyclic) bond motifs is 1. The van der Waals surface area contributed by atoms with E-state index in [-0.39, 0.29) is 18.5 Å². The summed E-state index contributed by atoms with van der Waals surface area (Å²) in [5.74, 6) is -1.34. The molecule has 1 atom stereocenters. The van der Waals surface area contributed by atoms with Crippen LogP contribution in [0.3, 0.4) is 0 Å². The van der Waals surface area contributed by atoms with E-state index in [1.54, 1.807) is 59.5 Å². The number of hydrogen-bond donors (Lipinski definition) is 1. The van der Waals surface area contributed by atoms with Crippen LogP contribution in [0.2, 0.25) is 0 Å². The summed E-state index contributed by atoms with van der Waals surface area (Å²) in [4.78, 5) is 58.8. The van der Waals surface area contributed by atoms with Crippen molar-refractivity contribution in [1.29, 1.82) is 0 Å². The third-order valence-electron chi connectivity index (χ3n) is 5.77. The average Bonchev–Trinajstić information content (AvgIpc) is 3.53. The molecule has 4 aromatic rings. The van der Waals surface area contributed by atoms with Crippen molar-refractivity contribution >= 4 is 39.8 Å². The number of hydrogen-bond acceptors (Lipinski definition) is 7. The van der Waals surface area contributed by atoms with Crippen LogP contribution in [0.25, 0.3) is 21.5 Å². The van der Waals surface area contributed by atoms with Crippen molar-refractivity contribution in [3.63, 3.8) is 0 Å². The number of rotatable bonds is 4. The summed E-state index contributed by atoms with van der Waals surface area (Å²) in [5, 5.41) is 0.642. The van der Waals surface area contributed by atoms with Crippen molar-refractivity contribution in [2.75, 3.05) is 19.6 Å². The van der Waals surface area contributed by atoms with E-state index >= 15 is 0 Å². The van der Waals surface area contributed by atoms with Gasteiger partial charge in [-0.25, -0.2) is 0 Å². The standard InChI is InChI=1S/C23H20N6O3S/c1-14-12-28(22(31)17-4-2-3-6-25-17)8-9-29(14)23(32)21(30)16-10-27-19-15(16)5-7-26-20(19)18-11-24-13-33-18/h2-7,10-11,13-14,27H,8-9,12H2,1H3/t14-/m1/s1. The SMILES string of the molecule is C[C@@H]1CN(C(=O)c2ccccn2)CCN1C(=O)C(=O)c1c[nH]c2c(-c3cncs3)nccc12. The van der Waals surface area contributed by atoms with E-state index in [1.807, 2.05) is 6.92 Å². The van der Waals surface area contributed by atoms with E-state index in [9.17, 15) is 14.4 Å². The zero-order valence-corrected chi connectivity index (χ0v) is 18.6. The van der Waals surface area contributed by atoms with Crippen molar-refractivity contribution in [1.82, 2.24) is 29.7 Å². The molecule has 0 spiro atoms. The molecule has 1 aliphatic heterocycles. The zero-order valence-electron chi connectivity index (χ0n) is 17.8. The highest BCUT2D eigenvalue weighted by atomic mass is 32.1. The van der Waals surface area contributed by atoms with Gasteiger partial charge in [0.25, 0.3) is 17.6 Å². The normalized spacial score (nSPS) is 16.2. The summed E-state index contributed by atoms with van der Waals surface area (Å²) < 4.78 is 0. The average molecular weight is 461 g/mol. The first-order chi connectivity index (χ1) is 16.0. The van der Waals surface area contributed by atoms with Gasteiger partial charge in [0.05, 0.1) is 21.5 Å². The minimum atomic E-state index is -0.584. The van der Waals surface area contributed by atoms with Crippen molar-refractivity contribution in [2.45, 2.75) is 13.0 Å². The van der Waals surface area contributed by atoms with E-state index in [1.165, 1.54) is 16.2 Å². The van der Waals surface area contributed by atoms with Gasteiger partial charge in [-0.2, -0.15) is 0 Å². The lowest BCUT2D eigenvalue weighted by atomic mass is 10.1. The maximum Gasteiger partial charge on any atom is 0.295 e. The molecule has 33 heavy (non-hydrogen) atoms. The summed E-state index contributed by atoms with van der Waals surface area (Å²) in [6.07, 6.45) is 6.47. The third-order valence-corrected chi connectivity index (χ3v) is 6.55. The number of nitrogens with one attached hydrogen (secondary N) is 1. The van der Waals surface area contributed by atoms with Gasteiger partial charge in [-0.05, 0) is 25.1 Å². The molecule has 0 unspecified atom stereocenters. The number of Topliss-reactive ketones (excluding diaryl/α,β-unsaturated/α-hetero) is 1. The fraction of sp³-hybridized carbons (Fsp3) is 0.217. The van der Waals surface area contributed by atoms with Gasteiger partial charge in [0, 0.05) is 55.8 Å². The van der Waals surface area contributed by atoms with Gasteiger partial charge in [0.15, 0.2) is 0 Å². The monoisotopic (exact) mass is 460 g/mol.